The van der Waals surface area contributed by atoms with Gasteiger partial charge in [-0.2, -0.15) is 0 Å². The average molecular weight is 326 g/mol. The minimum absolute atomic E-state index is 0.204. The van der Waals surface area contributed by atoms with Crippen molar-refractivity contribution in [2.24, 2.45) is 0 Å². The highest BCUT2D eigenvalue weighted by Gasteiger charge is 2.29. The maximum absolute atomic E-state index is 12.2. The molecule has 1 aromatic carbocycles. The van der Waals surface area contributed by atoms with E-state index >= 15 is 0 Å². The molecule has 7 heteroatoms. The molecule has 2 aromatic heterocycles. The molecule has 7 nitrogen and oxygen atoms in total. The van der Waals surface area contributed by atoms with Crippen LogP contribution < -0.4 is 10.6 Å². The number of anilines is 2. The Bertz CT molecular complexity index is 894. The van der Waals surface area contributed by atoms with Gasteiger partial charge >= 0.3 is 0 Å². The standard InChI is InChI=1S/C17H18N4O3/c1-9-7-15(24-21-9)20-16(22)10(2)18-12-5-6-14-13(8-12)19-17(23-14)11-3-4-11/h5-8,10-11,18H,3-4H2,1-2H3,(H,20,22)/t10-/m0/s1. The van der Waals surface area contributed by atoms with Crippen molar-refractivity contribution in [1.29, 1.82) is 0 Å². The lowest BCUT2D eigenvalue weighted by atomic mass is 10.2. The Hall–Kier alpha value is -2.83. The van der Waals surface area contributed by atoms with E-state index in [4.69, 9.17) is 8.94 Å². The molecule has 0 bridgehead atoms. The number of rotatable bonds is 5. The first-order chi connectivity index (χ1) is 11.6. The molecular weight excluding hydrogens is 308 g/mol. The van der Waals surface area contributed by atoms with E-state index in [9.17, 15) is 4.79 Å². The zero-order valence-corrected chi connectivity index (χ0v) is 13.5. The Morgan fingerprint density at radius 3 is 2.88 bits per heavy atom. The molecule has 1 aliphatic carbocycles. The first-order valence-corrected chi connectivity index (χ1v) is 8.00. The maximum atomic E-state index is 12.2. The molecule has 3 aromatic rings. The van der Waals surface area contributed by atoms with Gasteiger partial charge < -0.3 is 14.3 Å². The van der Waals surface area contributed by atoms with Gasteiger partial charge in [0.05, 0.1) is 5.69 Å². The number of nitrogens with one attached hydrogen (secondary N) is 2. The highest BCUT2D eigenvalue weighted by Crippen LogP contribution is 2.40. The Kier molecular flexibility index (Phi) is 3.48. The van der Waals surface area contributed by atoms with Crippen LogP contribution in [-0.4, -0.2) is 22.1 Å². The van der Waals surface area contributed by atoms with Crippen molar-refractivity contribution in [2.75, 3.05) is 10.6 Å². The predicted molar refractivity (Wildman–Crippen MR) is 88.9 cm³/mol. The van der Waals surface area contributed by atoms with E-state index in [2.05, 4.69) is 20.8 Å². The van der Waals surface area contributed by atoms with Gasteiger partial charge in [-0.1, -0.05) is 5.16 Å². The smallest absolute Gasteiger partial charge is 0.248 e. The molecule has 24 heavy (non-hydrogen) atoms. The molecule has 0 radical (unpaired) electrons. The van der Waals surface area contributed by atoms with Crippen LogP contribution in [0.15, 0.2) is 33.2 Å². The van der Waals surface area contributed by atoms with Crippen LogP contribution in [-0.2, 0) is 4.79 Å². The molecule has 2 N–H and O–H groups in total. The van der Waals surface area contributed by atoms with Crippen molar-refractivity contribution in [3.8, 4) is 0 Å². The number of carbonyl (C=O) groups is 1. The fraction of sp³-hybridized carbons (Fsp3) is 0.353. The molecule has 2 heterocycles. The highest BCUT2D eigenvalue weighted by molar-refractivity contribution is 5.95. The number of benzene rings is 1. The number of amides is 1. The summed E-state index contributed by atoms with van der Waals surface area (Å²) in [5.41, 5.74) is 3.11. The van der Waals surface area contributed by atoms with E-state index in [-0.39, 0.29) is 5.91 Å². The van der Waals surface area contributed by atoms with Gasteiger partial charge in [0.15, 0.2) is 11.5 Å². The molecule has 0 saturated heterocycles. The lowest BCUT2D eigenvalue weighted by Crippen LogP contribution is -2.31. The molecule has 1 fully saturated rings. The Balaban J connectivity index is 1.45. The topological polar surface area (TPSA) is 93.2 Å². The van der Waals surface area contributed by atoms with Gasteiger partial charge in [-0.25, -0.2) is 4.98 Å². The van der Waals surface area contributed by atoms with Crippen molar-refractivity contribution < 1.29 is 13.7 Å². The lowest BCUT2D eigenvalue weighted by molar-refractivity contribution is -0.116. The van der Waals surface area contributed by atoms with Gasteiger partial charge in [-0.15, -0.1) is 0 Å². The molecule has 0 spiro atoms. The second kappa shape index (κ2) is 5.67. The lowest BCUT2D eigenvalue weighted by Gasteiger charge is -2.13. The quantitative estimate of drug-likeness (QED) is 0.746. The molecule has 1 atom stereocenters. The summed E-state index contributed by atoms with van der Waals surface area (Å²) in [6.45, 7) is 3.57. The Morgan fingerprint density at radius 2 is 2.17 bits per heavy atom. The number of fused-ring (bicyclic) bond motifs is 1. The van der Waals surface area contributed by atoms with Crippen LogP contribution in [0.25, 0.3) is 11.1 Å². The first kappa shape index (κ1) is 14.7. The third-order valence-electron chi connectivity index (χ3n) is 3.98. The number of aryl methyl sites for hydroxylation is 1. The predicted octanol–water partition coefficient (Wildman–Crippen LogP) is 3.44. The number of carbonyl (C=O) groups excluding carboxylic acids is 1. The summed E-state index contributed by atoms with van der Waals surface area (Å²) < 4.78 is 10.7. The third-order valence-corrected chi connectivity index (χ3v) is 3.98. The van der Waals surface area contributed by atoms with Gasteiger partial charge in [0.25, 0.3) is 0 Å². The van der Waals surface area contributed by atoms with Gasteiger partial charge in [0.2, 0.25) is 11.8 Å². The second-order valence-corrected chi connectivity index (χ2v) is 6.20. The van der Waals surface area contributed by atoms with Gasteiger partial charge in [-0.05, 0) is 44.9 Å². The van der Waals surface area contributed by atoms with Crippen LogP contribution in [0.3, 0.4) is 0 Å². The Morgan fingerprint density at radius 1 is 1.33 bits per heavy atom. The van der Waals surface area contributed by atoms with Crippen molar-refractivity contribution in [3.05, 3.63) is 35.9 Å². The number of aromatic nitrogens is 2. The summed E-state index contributed by atoms with van der Waals surface area (Å²) >= 11 is 0. The summed E-state index contributed by atoms with van der Waals surface area (Å²) in [5.74, 6) is 1.43. The number of hydrogen-bond acceptors (Lipinski definition) is 6. The van der Waals surface area contributed by atoms with Crippen LogP contribution in [0.1, 0.15) is 37.3 Å². The van der Waals surface area contributed by atoms with E-state index in [1.807, 2.05) is 18.2 Å². The maximum Gasteiger partial charge on any atom is 0.248 e. The largest absolute Gasteiger partial charge is 0.440 e. The highest BCUT2D eigenvalue weighted by atomic mass is 16.5. The van der Waals surface area contributed by atoms with Crippen molar-refractivity contribution >= 4 is 28.6 Å². The van der Waals surface area contributed by atoms with Crippen LogP contribution >= 0.6 is 0 Å². The zero-order valence-electron chi connectivity index (χ0n) is 13.5. The summed E-state index contributed by atoms with van der Waals surface area (Å²) in [6.07, 6.45) is 2.30. The fourth-order valence-corrected chi connectivity index (χ4v) is 2.51. The minimum Gasteiger partial charge on any atom is -0.440 e. The summed E-state index contributed by atoms with van der Waals surface area (Å²) in [5, 5.41) is 9.58. The van der Waals surface area contributed by atoms with Crippen LogP contribution in [0.4, 0.5) is 11.6 Å². The van der Waals surface area contributed by atoms with Crippen molar-refractivity contribution in [3.63, 3.8) is 0 Å². The molecule has 4 rings (SSSR count). The number of oxazole rings is 1. The minimum atomic E-state index is -0.442. The third kappa shape index (κ3) is 2.97. The molecule has 1 aliphatic rings. The first-order valence-electron chi connectivity index (χ1n) is 8.00. The van der Waals surface area contributed by atoms with E-state index < -0.39 is 6.04 Å². The molecular formula is C17H18N4O3. The van der Waals surface area contributed by atoms with E-state index in [0.717, 1.165) is 35.5 Å². The number of hydrogen-bond donors (Lipinski definition) is 2. The van der Waals surface area contributed by atoms with E-state index in [1.165, 1.54) is 0 Å². The molecule has 0 aliphatic heterocycles. The molecule has 124 valence electrons. The summed E-state index contributed by atoms with van der Waals surface area (Å²) in [4.78, 5) is 16.7. The van der Waals surface area contributed by atoms with E-state index in [1.54, 1.807) is 19.9 Å². The molecule has 0 unspecified atom stereocenters. The normalized spacial score (nSPS) is 15.4. The fourth-order valence-electron chi connectivity index (χ4n) is 2.51. The molecule has 1 saturated carbocycles. The van der Waals surface area contributed by atoms with Crippen molar-refractivity contribution in [1.82, 2.24) is 10.1 Å². The van der Waals surface area contributed by atoms with Crippen LogP contribution in [0.5, 0.6) is 0 Å². The summed E-state index contributed by atoms with van der Waals surface area (Å²) in [6, 6.07) is 6.88. The second-order valence-electron chi connectivity index (χ2n) is 6.20. The molecule has 1 amide bonds. The monoisotopic (exact) mass is 326 g/mol. The van der Waals surface area contributed by atoms with Gasteiger partial charge in [0, 0.05) is 17.7 Å². The number of nitrogens with zero attached hydrogens (tertiary/aromatic N) is 2. The van der Waals surface area contributed by atoms with Crippen LogP contribution in [0.2, 0.25) is 0 Å². The Labute approximate surface area is 138 Å². The SMILES string of the molecule is Cc1cc(NC(=O)[C@H](C)Nc2ccc3oc(C4CC4)nc3c2)on1. The van der Waals surface area contributed by atoms with Crippen molar-refractivity contribution in [2.45, 2.75) is 38.6 Å². The van der Waals surface area contributed by atoms with Gasteiger partial charge in [-0.3, -0.25) is 10.1 Å². The summed E-state index contributed by atoms with van der Waals surface area (Å²) in [7, 11) is 0. The average Bonchev–Trinajstić information content (AvgIpc) is 3.20. The zero-order chi connectivity index (χ0) is 16.7. The van der Waals surface area contributed by atoms with Crippen LogP contribution in [0, 0.1) is 6.92 Å². The van der Waals surface area contributed by atoms with E-state index in [0.29, 0.717) is 17.5 Å². The van der Waals surface area contributed by atoms with Gasteiger partial charge in [0.1, 0.15) is 11.6 Å².